The van der Waals surface area contributed by atoms with Gasteiger partial charge in [-0.2, -0.15) is 4.39 Å². The second kappa shape index (κ2) is 5.75. The molecule has 1 amide bonds. The normalized spacial score (nSPS) is 18.1. The number of phenolic OH excluding ortho intramolecular Hbond substituents is 1. The molecule has 2 rings (SSSR count). The number of aromatic hydroxyl groups is 1. The van der Waals surface area contributed by atoms with Crippen LogP contribution in [0.3, 0.4) is 0 Å². The largest absolute Gasteiger partial charge is 0.503 e. The van der Waals surface area contributed by atoms with Gasteiger partial charge in [0, 0.05) is 19.0 Å². The number of hydrogen-bond donors (Lipinski definition) is 1. The van der Waals surface area contributed by atoms with E-state index < -0.39 is 34.7 Å². The Bertz CT molecular complexity index is 604. The van der Waals surface area contributed by atoms with Crippen LogP contribution >= 0.6 is 0 Å². The molecule has 1 unspecified atom stereocenters. The van der Waals surface area contributed by atoms with Crippen molar-refractivity contribution in [2.45, 2.75) is 32.2 Å². The molecule has 1 heterocycles. The molecule has 0 spiro atoms. The van der Waals surface area contributed by atoms with E-state index in [2.05, 4.69) is 0 Å². The predicted octanol–water partition coefficient (Wildman–Crippen LogP) is 2.39. The quantitative estimate of drug-likeness (QED) is 0.872. The number of ketones is 1. The van der Waals surface area contributed by atoms with Crippen molar-refractivity contribution in [2.24, 2.45) is 0 Å². The summed E-state index contributed by atoms with van der Waals surface area (Å²) in [4.78, 5) is 24.7. The summed E-state index contributed by atoms with van der Waals surface area (Å²) >= 11 is 0. The Labute approximate surface area is 119 Å². The highest BCUT2D eigenvalue weighted by Gasteiger charge is 2.33. The van der Waals surface area contributed by atoms with Crippen LogP contribution in [-0.2, 0) is 4.79 Å². The Morgan fingerprint density at radius 2 is 2.00 bits per heavy atom. The van der Waals surface area contributed by atoms with Crippen LogP contribution in [-0.4, -0.2) is 34.3 Å². The third-order valence-electron chi connectivity index (χ3n) is 3.52. The molecule has 1 fully saturated rings. The Morgan fingerprint density at radius 3 is 2.62 bits per heavy atom. The number of benzene rings is 1. The second-order valence-electron chi connectivity index (χ2n) is 5.08. The first-order valence-corrected chi connectivity index (χ1v) is 6.49. The highest BCUT2D eigenvalue weighted by Crippen LogP contribution is 2.29. The first-order valence-electron chi connectivity index (χ1n) is 6.49. The van der Waals surface area contributed by atoms with E-state index in [0.29, 0.717) is 25.5 Å². The number of carbonyl (C=O) groups is 2. The average molecular weight is 301 g/mol. The molecule has 21 heavy (non-hydrogen) atoms. The van der Waals surface area contributed by atoms with Crippen molar-refractivity contribution < 1.29 is 27.9 Å². The highest BCUT2D eigenvalue weighted by molar-refractivity contribution is 5.95. The number of amides is 1. The fraction of sp³-hybridized carbons (Fsp3) is 0.429. The van der Waals surface area contributed by atoms with Crippen molar-refractivity contribution in [3.8, 4) is 5.75 Å². The van der Waals surface area contributed by atoms with Gasteiger partial charge in [0.1, 0.15) is 5.78 Å². The lowest BCUT2D eigenvalue weighted by molar-refractivity contribution is -0.117. The molecular weight excluding hydrogens is 287 g/mol. The van der Waals surface area contributed by atoms with Gasteiger partial charge in [-0.05, 0) is 25.8 Å². The van der Waals surface area contributed by atoms with Crippen LogP contribution in [0.4, 0.5) is 13.2 Å². The Balaban J connectivity index is 2.34. The summed E-state index contributed by atoms with van der Waals surface area (Å²) in [7, 11) is 0. The molecule has 1 atom stereocenters. The van der Waals surface area contributed by atoms with Gasteiger partial charge in [0.2, 0.25) is 5.82 Å². The lowest BCUT2D eigenvalue weighted by Crippen LogP contribution is -2.37. The number of halogens is 3. The fourth-order valence-electron chi connectivity index (χ4n) is 2.55. The van der Waals surface area contributed by atoms with Crippen molar-refractivity contribution >= 4 is 11.7 Å². The summed E-state index contributed by atoms with van der Waals surface area (Å²) in [6.07, 6.45) is 1.35. The zero-order chi connectivity index (χ0) is 15.7. The third kappa shape index (κ3) is 2.86. The number of Topliss-reactive ketones (excluding diaryl/α,β-unsaturated/α-hetero) is 1. The summed E-state index contributed by atoms with van der Waals surface area (Å²) in [5, 5.41) is 9.16. The molecule has 0 aliphatic carbocycles. The van der Waals surface area contributed by atoms with Crippen LogP contribution in [0.2, 0.25) is 0 Å². The third-order valence-corrected chi connectivity index (χ3v) is 3.52. The van der Waals surface area contributed by atoms with Crippen molar-refractivity contribution in [2.75, 3.05) is 6.54 Å². The van der Waals surface area contributed by atoms with Crippen LogP contribution in [0, 0.1) is 17.5 Å². The van der Waals surface area contributed by atoms with Crippen LogP contribution < -0.4 is 0 Å². The molecule has 1 N–H and O–H groups in total. The van der Waals surface area contributed by atoms with E-state index in [-0.39, 0.29) is 18.2 Å². The monoisotopic (exact) mass is 301 g/mol. The van der Waals surface area contributed by atoms with Gasteiger partial charge in [-0.15, -0.1) is 0 Å². The van der Waals surface area contributed by atoms with Gasteiger partial charge in [0.15, 0.2) is 17.4 Å². The first kappa shape index (κ1) is 15.3. The SMILES string of the molecule is CC(=O)CC1CCCN1C(=O)c1cc(F)c(F)c(O)c1F. The van der Waals surface area contributed by atoms with Gasteiger partial charge < -0.3 is 10.0 Å². The maximum absolute atomic E-state index is 13.8. The molecule has 0 aromatic heterocycles. The van der Waals surface area contributed by atoms with E-state index in [0.717, 1.165) is 0 Å². The minimum atomic E-state index is -1.73. The molecule has 1 saturated heterocycles. The maximum atomic E-state index is 13.8. The first-order chi connectivity index (χ1) is 9.82. The standard InChI is InChI=1S/C14H14F3NO3/c1-7(19)5-8-3-2-4-18(8)14(21)9-6-10(15)12(17)13(20)11(9)16/h6,8,20H,2-5H2,1H3. The molecule has 1 aliphatic rings. The zero-order valence-electron chi connectivity index (χ0n) is 11.3. The fourth-order valence-corrected chi connectivity index (χ4v) is 2.55. The summed E-state index contributed by atoms with van der Waals surface area (Å²) in [5.74, 6) is -7.21. The van der Waals surface area contributed by atoms with Crippen LogP contribution in [0.15, 0.2) is 6.07 Å². The summed E-state index contributed by atoms with van der Waals surface area (Å²) in [6.45, 7) is 1.68. The number of likely N-dealkylation sites (tertiary alicyclic amines) is 1. The second-order valence-corrected chi connectivity index (χ2v) is 5.08. The summed E-state index contributed by atoms with van der Waals surface area (Å²) < 4.78 is 40.0. The Kier molecular flexibility index (Phi) is 4.20. The molecule has 0 saturated carbocycles. The van der Waals surface area contributed by atoms with E-state index in [4.69, 9.17) is 5.11 Å². The molecule has 1 aromatic rings. The number of phenols is 1. The summed E-state index contributed by atoms with van der Waals surface area (Å²) in [5.41, 5.74) is -0.734. The van der Waals surface area contributed by atoms with Gasteiger partial charge in [-0.25, -0.2) is 8.78 Å². The lowest BCUT2D eigenvalue weighted by atomic mass is 10.1. The van der Waals surface area contributed by atoms with E-state index in [1.54, 1.807) is 0 Å². The number of carbonyl (C=O) groups excluding carboxylic acids is 2. The molecule has 7 heteroatoms. The minimum Gasteiger partial charge on any atom is -0.503 e. The van der Waals surface area contributed by atoms with Crippen LogP contribution in [0.1, 0.15) is 36.5 Å². The lowest BCUT2D eigenvalue weighted by Gasteiger charge is -2.24. The smallest absolute Gasteiger partial charge is 0.257 e. The predicted molar refractivity (Wildman–Crippen MR) is 67.3 cm³/mol. The van der Waals surface area contributed by atoms with E-state index in [1.807, 2.05) is 0 Å². The van der Waals surface area contributed by atoms with E-state index in [1.165, 1.54) is 11.8 Å². The Morgan fingerprint density at radius 1 is 1.33 bits per heavy atom. The number of nitrogens with zero attached hydrogens (tertiary/aromatic N) is 1. The highest BCUT2D eigenvalue weighted by atomic mass is 19.2. The number of hydrogen-bond acceptors (Lipinski definition) is 3. The Hall–Kier alpha value is -2.05. The minimum absolute atomic E-state index is 0.117. The summed E-state index contributed by atoms with van der Waals surface area (Å²) in [6, 6.07) is 0.0419. The van der Waals surface area contributed by atoms with Crippen LogP contribution in [0.5, 0.6) is 5.75 Å². The van der Waals surface area contributed by atoms with Crippen molar-refractivity contribution in [1.82, 2.24) is 4.90 Å². The van der Waals surface area contributed by atoms with E-state index >= 15 is 0 Å². The molecule has 0 bridgehead atoms. The molecule has 0 radical (unpaired) electrons. The van der Waals surface area contributed by atoms with Gasteiger partial charge in [0.25, 0.3) is 5.91 Å². The van der Waals surface area contributed by atoms with Crippen molar-refractivity contribution in [1.29, 1.82) is 0 Å². The molecule has 1 aliphatic heterocycles. The van der Waals surface area contributed by atoms with Gasteiger partial charge in [0.05, 0.1) is 5.56 Å². The van der Waals surface area contributed by atoms with Crippen LogP contribution in [0.25, 0.3) is 0 Å². The van der Waals surface area contributed by atoms with Gasteiger partial charge in [-0.3, -0.25) is 9.59 Å². The zero-order valence-corrected chi connectivity index (χ0v) is 11.3. The topological polar surface area (TPSA) is 57.6 Å². The van der Waals surface area contributed by atoms with E-state index in [9.17, 15) is 22.8 Å². The van der Waals surface area contributed by atoms with Crippen molar-refractivity contribution in [3.05, 3.63) is 29.1 Å². The average Bonchev–Trinajstić information content (AvgIpc) is 2.87. The van der Waals surface area contributed by atoms with Gasteiger partial charge >= 0.3 is 0 Å². The van der Waals surface area contributed by atoms with Crippen molar-refractivity contribution in [3.63, 3.8) is 0 Å². The molecule has 1 aromatic carbocycles. The molecular formula is C14H14F3NO3. The molecule has 4 nitrogen and oxygen atoms in total. The molecule has 114 valence electrons. The number of rotatable bonds is 3. The maximum Gasteiger partial charge on any atom is 0.257 e. The van der Waals surface area contributed by atoms with Gasteiger partial charge in [-0.1, -0.05) is 0 Å².